The van der Waals surface area contributed by atoms with Gasteiger partial charge < -0.3 is 13.9 Å². The zero-order chi connectivity index (χ0) is 20.5. The zero-order valence-corrected chi connectivity index (χ0v) is 16.8. The van der Waals surface area contributed by atoms with Crippen molar-refractivity contribution < 1.29 is 18.7 Å². The van der Waals surface area contributed by atoms with Gasteiger partial charge in [0.2, 0.25) is 5.88 Å². The summed E-state index contributed by atoms with van der Waals surface area (Å²) in [5.41, 5.74) is 1.76. The largest absolute Gasteiger partial charge is 0.462 e. The third kappa shape index (κ3) is 3.19. The van der Waals surface area contributed by atoms with Crippen molar-refractivity contribution in [3.05, 3.63) is 71.9 Å². The van der Waals surface area contributed by atoms with Crippen molar-refractivity contribution in [3.8, 4) is 23.0 Å². The van der Waals surface area contributed by atoms with Crippen LogP contribution in [0.2, 0.25) is 0 Å². The van der Waals surface area contributed by atoms with Gasteiger partial charge in [0.05, 0.1) is 12.0 Å². The molecule has 0 aliphatic heterocycles. The van der Waals surface area contributed by atoms with Crippen LogP contribution in [-0.4, -0.2) is 22.5 Å². The highest BCUT2D eigenvalue weighted by molar-refractivity contribution is 7.16. The van der Waals surface area contributed by atoms with Gasteiger partial charge in [-0.1, -0.05) is 30.3 Å². The number of hydrogen-bond donors (Lipinski definition) is 0. The van der Waals surface area contributed by atoms with Crippen LogP contribution in [0.1, 0.15) is 17.3 Å². The molecule has 7 heteroatoms. The van der Waals surface area contributed by atoms with Gasteiger partial charge in [0.1, 0.15) is 33.8 Å². The summed E-state index contributed by atoms with van der Waals surface area (Å²) in [6.07, 6.45) is 1.47. The number of ether oxygens (including phenoxy) is 2. The first kappa shape index (κ1) is 18.3. The SMILES string of the molecule is CCOC(=O)c1c(-c2ccccc2)oc2ccc(Oc3ncnc4sccc34)cc12. The number of carbonyl (C=O) groups excluding carboxylic acids is 1. The molecule has 0 unspecified atom stereocenters. The van der Waals surface area contributed by atoms with Crippen LogP contribution < -0.4 is 4.74 Å². The van der Waals surface area contributed by atoms with E-state index in [0.29, 0.717) is 33.9 Å². The molecule has 3 aromatic heterocycles. The fraction of sp³-hybridized carbons (Fsp3) is 0.0870. The maximum atomic E-state index is 12.8. The second-order valence-electron chi connectivity index (χ2n) is 6.47. The van der Waals surface area contributed by atoms with Crippen molar-refractivity contribution in [1.29, 1.82) is 0 Å². The molecule has 0 spiro atoms. The Hall–Kier alpha value is -3.71. The number of nitrogens with zero attached hydrogens (tertiary/aromatic N) is 2. The first-order valence-corrected chi connectivity index (χ1v) is 10.3. The number of esters is 1. The Morgan fingerprint density at radius 3 is 2.77 bits per heavy atom. The van der Waals surface area contributed by atoms with Crippen molar-refractivity contribution in [2.45, 2.75) is 6.92 Å². The van der Waals surface area contributed by atoms with Crippen LogP contribution in [0.4, 0.5) is 0 Å². The molecule has 0 bridgehead atoms. The van der Waals surface area contributed by atoms with Crippen LogP contribution in [0.3, 0.4) is 0 Å². The lowest BCUT2D eigenvalue weighted by atomic mass is 10.1. The molecule has 5 aromatic rings. The van der Waals surface area contributed by atoms with Gasteiger partial charge in [0, 0.05) is 10.9 Å². The quantitative estimate of drug-likeness (QED) is 0.324. The number of rotatable bonds is 5. The molecule has 2 aromatic carbocycles. The number of hydrogen-bond acceptors (Lipinski definition) is 7. The second kappa shape index (κ2) is 7.61. The Morgan fingerprint density at radius 2 is 1.93 bits per heavy atom. The minimum atomic E-state index is -0.436. The minimum Gasteiger partial charge on any atom is -0.462 e. The van der Waals surface area contributed by atoms with E-state index in [9.17, 15) is 4.79 Å². The number of furan rings is 1. The van der Waals surface area contributed by atoms with E-state index >= 15 is 0 Å². The predicted molar refractivity (Wildman–Crippen MR) is 115 cm³/mol. The van der Waals surface area contributed by atoms with E-state index in [0.717, 1.165) is 15.8 Å². The molecule has 0 amide bonds. The van der Waals surface area contributed by atoms with E-state index in [4.69, 9.17) is 13.9 Å². The lowest BCUT2D eigenvalue weighted by Crippen LogP contribution is -2.05. The van der Waals surface area contributed by atoms with Crippen LogP contribution in [0.15, 0.2) is 70.7 Å². The van der Waals surface area contributed by atoms with Crippen LogP contribution >= 0.6 is 11.3 Å². The van der Waals surface area contributed by atoms with Gasteiger partial charge in [-0.15, -0.1) is 11.3 Å². The number of thiophene rings is 1. The lowest BCUT2D eigenvalue weighted by molar-refractivity contribution is 0.0529. The normalized spacial score (nSPS) is 11.1. The van der Waals surface area contributed by atoms with Gasteiger partial charge in [-0.25, -0.2) is 14.8 Å². The molecule has 30 heavy (non-hydrogen) atoms. The highest BCUT2D eigenvalue weighted by Crippen LogP contribution is 2.37. The van der Waals surface area contributed by atoms with Gasteiger partial charge >= 0.3 is 5.97 Å². The molecule has 5 rings (SSSR count). The van der Waals surface area contributed by atoms with E-state index in [2.05, 4.69) is 9.97 Å². The predicted octanol–water partition coefficient (Wildman–Crippen LogP) is 6.07. The van der Waals surface area contributed by atoms with Crippen LogP contribution in [0, 0.1) is 0 Å². The standard InChI is InChI=1S/C23H16N2O4S/c1-2-27-23(26)19-17-12-15(28-21-16-10-11-30-22(16)25-13-24-21)8-9-18(17)29-20(19)14-6-4-3-5-7-14/h3-13H,2H2,1H3. The summed E-state index contributed by atoms with van der Waals surface area (Å²) >= 11 is 1.52. The molecular formula is C23H16N2O4S. The van der Waals surface area contributed by atoms with Gasteiger partial charge in [0.15, 0.2) is 0 Å². The van der Waals surface area contributed by atoms with E-state index in [1.165, 1.54) is 17.7 Å². The molecule has 0 aliphatic rings. The van der Waals surface area contributed by atoms with Gasteiger partial charge in [0.25, 0.3) is 0 Å². The molecule has 3 heterocycles. The Balaban J connectivity index is 1.63. The Bertz CT molecular complexity index is 1360. The number of carbonyl (C=O) groups is 1. The van der Waals surface area contributed by atoms with Crippen molar-refractivity contribution in [3.63, 3.8) is 0 Å². The summed E-state index contributed by atoms with van der Waals surface area (Å²) in [4.78, 5) is 22.1. The molecule has 0 saturated heterocycles. The maximum Gasteiger partial charge on any atom is 0.342 e. The smallest absolute Gasteiger partial charge is 0.342 e. The molecule has 0 atom stereocenters. The number of benzene rings is 2. The third-order valence-electron chi connectivity index (χ3n) is 4.61. The van der Waals surface area contributed by atoms with E-state index in [1.807, 2.05) is 41.8 Å². The average molecular weight is 416 g/mol. The topological polar surface area (TPSA) is 74.5 Å². The van der Waals surface area contributed by atoms with Crippen LogP contribution in [0.5, 0.6) is 11.6 Å². The van der Waals surface area contributed by atoms with Gasteiger partial charge in [-0.05, 0) is 36.6 Å². The second-order valence-corrected chi connectivity index (χ2v) is 7.37. The number of aromatic nitrogens is 2. The van der Waals surface area contributed by atoms with E-state index in [-0.39, 0.29) is 6.61 Å². The first-order chi connectivity index (χ1) is 14.7. The van der Waals surface area contributed by atoms with Crippen molar-refractivity contribution in [1.82, 2.24) is 9.97 Å². The fourth-order valence-corrected chi connectivity index (χ4v) is 4.02. The monoisotopic (exact) mass is 416 g/mol. The van der Waals surface area contributed by atoms with E-state index < -0.39 is 5.97 Å². The fourth-order valence-electron chi connectivity index (χ4n) is 3.30. The number of fused-ring (bicyclic) bond motifs is 2. The zero-order valence-electron chi connectivity index (χ0n) is 16.0. The van der Waals surface area contributed by atoms with Crippen molar-refractivity contribution in [2.75, 3.05) is 6.61 Å². The van der Waals surface area contributed by atoms with Gasteiger partial charge in [-0.2, -0.15) is 0 Å². The summed E-state index contributed by atoms with van der Waals surface area (Å²) in [6, 6.07) is 16.8. The highest BCUT2D eigenvalue weighted by atomic mass is 32.1. The summed E-state index contributed by atoms with van der Waals surface area (Å²) in [5, 5.41) is 3.40. The Labute approximate surface area is 175 Å². The van der Waals surface area contributed by atoms with Crippen LogP contribution in [0.25, 0.3) is 32.5 Å². The molecule has 0 fully saturated rings. The molecule has 6 nitrogen and oxygen atoms in total. The average Bonchev–Trinajstić information content (AvgIpc) is 3.39. The summed E-state index contributed by atoms with van der Waals surface area (Å²) in [5.74, 6) is 1.04. The molecular weight excluding hydrogens is 400 g/mol. The maximum absolute atomic E-state index is 12.8. The molecule has 0 radical (unpaired) electrons. The summed E-state index contributed by atoms with van der Waals surface area (Å²) in [7, 11) is 0. The molecule has 0 saturated carbocycles. The third-order valence-corrected chi connectivity index (χ3v) is 5.44. The molecule has 0 N–H and O–H groups in total. The van der Waals surface area contributed by atoms with Crippen molar-refractivity contribution >= 4 is 38.5 Å². The van der Waals surface area contributed by atoms with Crippen molar-refractivity contribution in [2.24, 2.45) is 0 Å². The Kier molecular flexibility index (Phi) is 4.65. The molecule has 0 aliphatic carbocycles. The summed E-state index contributed by atoms with van der Waals surface area (Å²) in [6.45, 7) is 2.05. The first-order valence-electron chi connectivity index (χ1n) is 9.39. The lowest BCUT2D eigenvalue weighted by Gasteiger charge is -2.06. The summed E-state index contributed by atoms with van der Waals surface area (Å²) < 4.78 is 17.4. The van der Waals surface area contributed by atoms with Crippen LogP contribution in [-0.2, 0) is 4.74 Å². The van der Waals surface area contributed by atoms with Gasteiger partial charge in [-0.3, -0.25) is 0 Å². The minimum absolute atomic E-state index is 0.271. The van der Waals surface area contributed by atoms with E-state index in [1.54, 1.807) is 25.1 Å². The Morgan fingerprint density at radius 1 is 1.07 bits per heavy atom. The highest BCUT2D eigenvalue weighted by Gasteiger charge is 2.24. The molecule has 148 valence electrons.